The van der Waals surface area contributed by atoms with Crippen LogP contribution in [0.25, 0.3) is 5.65 Å². The predicted molar refractivity (Wildman–Crippen MR) is 82.7 cm³/mol. The van der Waals surface area contributed by atoms with E-state index in [1.54, 1.807) is 0 Å². The number of anilines is 1. The molecule has 20 heavy (non-hydrogen) atoms. The Hall–Kier alpha value is -1.55. The van der Waals surface area contributed by atoms with Crippen molar-refractivity contribution in [3.05, 3.63) is 30.2 Å². The number of rotatable bonds is 3. The molecule has 1 aliphatic rings. The minimum absolute atomic E-state index is 0.648. The van der Waals surface area contributed by atoms with Gasteiger partial charge in [0.15, 0.2) is 5.65 Å². The minimum Gasteiger partial charge on any atom is -0.396 e. The topological polar surface area (TPSA) is 46.6 Å². The fourth-order valence-corrected chi connectivity index (χ4v) is 3.21. The highest BCUT2D eigenvalue weighted by atomic mass is 15.2. The zero-order chi connectivity index (χ0) is 14.1. The molecular weight excluding hydrogens is 248 g/mol. The molecule has 0 saturated carbocycles. The number of fused-ring (bicyclic) bond motifs is 1. The Balaban J connectivity index is 1.74. The quantitative estimate of drug-likeness (QED) is 0.934. The summed E-state index contributed by atoms with van der Waals surface area (Å²) in [5.74, 6) is 0.720. The van der Waals surface area contributed by atoms with E-state index in [0.717, 1.165) is 23.7 Å². The average molecular weight is 272 g/mol. The number of nitrogen functional groups attached to an aromatic ring is 1. The molecular formula is C16H24N4. The van der Waals surface area contributed by atoms with Crippen molar-refractivity contribution in [1.82, 2.24) is 14.3 Å². The second-order valence-electron chi connectivity index (χ2n) is 6.23. The molecule has 108 valence electrons. The largest absolute Gasteiger partial charge is 0.396 e. The Morgan fingerprint density at radius 1 is 1.45 bits per heavy atom. The molecule has 0 bridgehead atoms. The molecule has 2 N–H and O–H groups in total. The summed E-state index contributed by atoms with van der Waals surface area (Å²) in [5, 5.41) is 0. The van der Waals surface area contributed by atoms with Crippen molar-refractivity contribution in [1.29, 1.82) is 0 Å². The second kappa shape index (κ2) is 5.44. The number of hydrogen-bond acceptors (Lipinski definition) is 3. The van der Waals surface area contributed by atoms with Gasteiger partial charge in [-0.05, 0) is 57.7 Å². The van der Waals surface area contributed by atoms with Crippen molar-refractivity contribution in [2.24, 2.45) is 5.92 Å². The Morgan fingerprint density at radius 3 is 3.05 bits per heavy atom. The fraction of sp³-hybridized carbons (Fsp3) is 0.562. The van der Waals surface area contributed by atoms with Crippen molar-refractivity contribution >= 4 is 11.3 Å². The van der Waals surface area contributed by atoms with E-state index in [-0.39, 0.29) is 0 Å². The summed E-state index contributed by atoms with van der Waals surface area (Å²) in [6.07, 6.45) is 7.82. The first-order chi connectivity index (χ1) is 9.63. The van der Waals surface area contributed by atoms with E-state index in [1.807, 2.05) is 22.7 Å². The zero-order valence-electron chi connectivity index (χ0n) is 12.4. The van der Waals surface area contributed by atoms with Crippen LogP contribution in [0.1, 0.15) is 32.4 Å². The third kappa shape index (κ3) is 2.66. The first-order valence-corrected chi connectivity index (χ1v) is 7.59. The van der Waals surface area contributed by atoms with Crippen molar-refractivity contribution in [3.63, 3.8) is 0 Å². The SMILES string of the molecule is CC(C)N1CCCC(Cc2cn3cccc(N)c3n2)C1. The van der Waals surface area contributed by atoms with Crippen molar-refractivity contribution < 1.29 is 0 Å². The molecule has 0 amide bonds. The Labute approximate surface area is 120 Å². The molecule has 4 nitrogen and oxygen atoms in total. The maximum Gasteiger partial charge on any atom is 0.160 e. The van der Waals surface area contributed by atoms with E-state index >= 15 is 0 Å². The molecule has 0 radical (unpaired) electrons. The zero-order valence-corrected chi connectivity index (χ0v) is 12.4. The highest BCUT2D eigenvalue weighted by molar-refractivity contribution is 5.64. The molecule has 1 fully saturated rings. The van der Waals surface area contributed by atoms with Gasteiger partial charge >= 0.3 is 0 Å². The lowest BCUT2D eigenvalue weighted by Gasteiger charge is -2.35. The number of nitrogens with zero attached hydrogens (tertiary/aromatic N) is 3. The maximum atomic E-state index is 5.97. The number of nitrogens with two attached hydrogens (primary N) is 1. The van der Waals surface area contributed by atoms with E-state index in [4.69, 9.17) is 10.7 Å². The van der Waals surface area contributed by atoms with E-state index < -0.39 is 0 Å². The standard InChI is InChI=1S/C16H24N4/c1-12(2)19-7-3-5-13(10-19)9-14-11-20-8-4-6-15(17)16(20)18-14/h4,6,8,11-13H,3,5,7,9-10,17H2,1-2H3. The fourth-order valence-electron chi connectivity index (χ4n) is 3.21. The van der Waals surface area contributed by atoms with Gasteiger partial charge < -0.3 is 15.0 Å². The van der Waals surface area contributed by atoms with Crippen LogP contribution in [0.3, 0.4) is 0 Å². The number of aromatic nitrogens is 2. The van der Waals surface area contributed by atoms with E-state index in [1.165, 1.54) is 31.6 Å². The van der Waals surface area contributed by atoms with Gasteiger partial charge in [-0.1, -0.05) is 0 Å². The van der Waals surface area contributed by atoms with E-state index in [0.29, 0.717) is 6.04 Å². The van der Waals surface area contributed by atoms with Crippen LogP contribution >= 0.6 is 0 Å². The first kappa shape index (κ1) is 13.4. The Morgan fingerprint density at radius 2 is 2.30 bits per heavy atom. The molecule has 0 spiro atoms. The van der Waals surface area contributed by atoms with Crippen LogP contribution in [-0.2, 0) is 6.42 Å². The molecule has 4 heteroatoms. The number of hydrogen-bond donors (Lipinski definition) is 1. The van der Waals surface area contributed by atoms with Crippen molar-refractivity contribution in [2.75, 3.05) is 18.8 Å². The Bertz CT molecular complexity index is 587. The summed E-state index contributed by atoms with van der Waals surface area (Å²) in [5.41, 5.74) is 8.78. The molecule has 0 aromatic carbocycles. The molecule has 2 aromatic heterocycles. The maximum absolute atomic E-state index is 5.97. The third-order valence-electron chi connectivity index (χ3n) is 4.34. The minimum atomic E-state index is 0.648. The highest BCUT2D eigenvalue weighted by Crippen LogP contribution is 2.23. The lowest BCUT2D eigenvalue weighted by Crippen LogP contribution is -2.40. The van der Waals surface area contributed by atoms with Crippen LogP contribution < -0.4 is 5.73 Å². The monoisotopic (exact) mass is 272 g/mol. The molecule has 1 saturated heterocycles. The van der Waals surface area contributed by atoms with Gasteiger partial charge in [0.25, 0.3) is 0 Å². The van der Waals surface area contributed by atoms with Gasteiger partial charge in [-0.2, -0.15) is 0 Å². The number of piperidine rings is 1. The molecule has 1 aliphatic heterocycles. The van der Waals surface area contributed by atoms with Gasteiger partial charge in [0, 0.05) is 25.0 Å². The summed E-state index contributed by atoms with van der Waals surface area (Å²) in [4.78, 5) is 7.28. The van der Waals surface area contributed by atoms with Gasteiger partial charge in [-0.15, -0.1) is 0 Å². The summed E-state index contributed by atoms with van der Waals surface area (Å²) in [6.45, 7) is 7.01. The number of pyridine rings is 1. The summed E-state index contributed by atoms with van der Waals surface area (Å²) < 4.78 is 2.04. The van der Waals surface area contributed by atoms with Crippen molar-refractivity contribution in [3.8, 4) is 0 Å². The third-order valence-corrected chi connectivity index (χ3v) is 4.34. The lowest BCUT2D eigenvalue weighted by atomic mass is 9.93. The van der Waals surface area contributed by atoms with E-state index in [9.17, 15) is 0 Å². The number of imidazole rings is 1. The molecule has 3 rings (SSSR count). The van der Waals surface area contributed by atoms with Gasteiger partial charge in [0.1, 0.15) is 0 Å². The Kier molecular flexibility index (Phi) is 3.66. The average Bonchev–Trinajstić information content (AvgIpc) is 2.83. The van der Waals surface area contributed by atoms with Crippen LogP contribution in [0, 0.1) is 5.92 Å². The molecule has 1 atom stereocenters. The highest BCUT2D eigenvalue weighted by Gasteiger charge is 2.22. The van der Waals surface area contributed by atoms with Crippen LogP contribution in [0.15, 0.2) is 24.5 Å². The lowest BCUT2D eigenvalue weighted by molar-refractivity contribution is 0.139. The predicted octanol–water partition coefficient (Wildman–Crippen LogP) is 2.58. The van der Waals surface area contributed by atoms with Crippen LogP contribution in [0.4, 0.5) is 5.69 Å². The molecule has 3 heterocycles. The summed E-state index contributed by atoms with van der Waals surface area (Å²) in [6, 6.07) is 4.52. The first-order valence-electron chi connectivity index (χ1n) is 7.59. The van der Waals surface area contributed by atoms with Gasteiger partial charge in [-0.25, -0.2) is 4.98 Å². The van der Waals surface area contributed by atoms with Crippen LogP contribution in [-0.4, -0.2) is 33.4 Å². The van der Waals surface area contributed by atoms with Crippen LogP contribution in [0.2, 0.25) is 0 Å². The molecule has 2 aromatic rings. The number of likely N-dealkylation sites (tertiary alicyclic amines) is 1. The van der Waals surface area contributed by atoms with E-state index in [2.05, 4.69) is 24.9 Å². The smallest absolute Gasteiger partial charge is 0.160 e. The second-order valence-corrected chi connectivity index (χ2v) is 6.23. The van der Waals surface area contributed by atoms with Gasteiger partial charge in [-0.3, -0.25) is 0 Å². The van der Waals surface area contributed by atoms with Gasteiger partial charge in [0.05, 0.1) is 11.4 Å². The molecule has 1 unspecified atom stereocenters. The summed E-state index contributed by atoms with van der Waals surface area (Å²) in [7, 11) is 0. The van der Waals surface area contributed by atoms with Crippen LogP contribution in [0.5, 0.6) is 0 Å². The van der Waals surface area contributed by atoms with Gasteiger partial charge in [0.2, 0.25) is 0 Å². The molecule has 0 aliphatic carbocycles. The van der Waals surface area contributed by atoms with Crippen molar-refractivity contribution in [2.45, 2.75) is 39.2 Å². The summed E-state index contributed by atoms with van der Waals surface area (Å²) >= 11 is 0. The normalized spacial score (nSPS) is 20.9.